The van der Waals surface area contributed by atoms with Crippen LogP contribution in [0.2, 0.25) is 0 Å². The number of hydrogen-bond donors (Lipinski definition) is 1. The van der Waals surface area contributed by atoms with E-state index in [0.717, 1.165) is 24.0 Å². The van der Waals surface area contributed by atoms with E-state index in [-0.39, 0.29) is 0 Å². The van der Waals surface area contributed by atoms with Crippen LogP contribution in [0.1, 0.15) is 101 Å². The van der Waals surface area contributed by atoms with Gasteiger partial charge in [0.2, 0.25) is 0 Å². The minimum absolute atomic E-state index is 0.382. The third-order valence-corrected chi connectivity index (χ3v) is 5.55. The standard InChI is InChI=1S/C21H34O2/c1-5-15(3)19-12-17(13-20(21(19)22)16(4)6-2)14-23-18-10-8-7-9-11-18/h12-13,15-16,18,22H,5-11,14H2,1-4H3. The highest BCUT2D eigenvalue weighted by atomic mass is 16.5. The molecule has 1 aliphatic carbocycles. The van der Waals surface area contributed by atoms with Crippen LogP contribution in [0.3, 0.4) is 0 Å². The van der Waals surface area contributed by atoms with Crippen molar-refractivity contribution in [1.82, 2.24) is 0 Å². The molecule has 130 valence electrons. The van der Waals surface area contributed by atoms with E-state index in [4.69, 9.17) is 4.74 Å². The molecule has 0 amide bonds. The molecule has 1 N–H and O–H groups in total. The van der Waals surface area contributed by atoms with Crippen molar-refractivity contribution in [2.24, 2.45) is 0 Å². The Hall–Kier alpha value is -1.02. The number of aromatic hydroxyl groups is 1. The number of hydrogen-bond acceptors (Lipinski definition) is 2. The van der Waals surface area contributed by atoms with Gasteiger partial charge in [-0.15, -0.1) is 0 Å². The first-order valence-electron chi connectivity index (χ1n) is 9.54. The zero-order valence-corrected chi connectivity index (χ0v) is 15.4. The maximum atomic E-state index is 10.7. The van der Waals surface area contributed by atoms with Crippen LogP contribution >= 0.6 is 0 Å². The Balaban J connectivity index is 2.20. The van der Waals surface area contributed by atoms with Crippen molar-refractivity contribution in [3.63, 3.8) is 0 Å². The van der Waals surface area contributed by atoms with Crippen LogP contribution in [0.4, 0.5) is 0 Å². The Morgan fingerprint density at radius 1 is 1.00 bits per heavy atom. The van der Waals surface area contributed by atoms with Gasteiger partial charge >= 0.3 is 0 Å². The monoisotopic (exact) mass is 318 g/mol. The second-order valence-corrected chi connectivity index (χ2v) is 7.31. The van der Waals surface area contributed by atoms with Crippen molar-refractivity contribution < 1.29 is 9.84 Å². The van der Waals surface area contributed by atoms with E-state index < -0.39 is 0 Å². The van der Waals surface area contributed by atoms with E-state index in [0.29, 0.717) is 30.3 Å². The Morgan fingerprint density at radius 2 is 1.52 bits per heavy atom. The van der Waals surface area contributed by atoms with Crippen LogP contribution in [0, 0.1) is 0 Å². The maximum Gasteiger partial charge on any atom is 0.122 e. The molecule has 1 aliphatic rings. The fourth-order valence-electron chi connectivity index (χ4n) is 3.46. The van der Waals surface area contributed by atoms with Crippen LogP contribution in [0.25, 0.3) is 0 Å². The van der Waals surface area contributed by atoms with Gasteiger partial charge in [-0.3, -0.25) is 0 Å². The summed E-state index contributed by atoms with van der Waals surface area (Å²) < 4.78 is 6.16. The lowest BCUT2D eigenvalue weighted by Crippen LogP contribution is -2.16. The van der Waals surface area contributed by atoms with Crippen LogP contribution in [0.5, 0.6) is 5.75 Å². The van der Waals surface area contributed by atoms with E-state index in [9.17, 15) is 5.11 Å². The van der Waals surface area contributed by atoms with Gasteiger partial charge in [-0.25, -0.2) is 0 Å². The summed E-state index contributed by atoms with van der Waals surface area (Å²) in [6, 6.07) is 4.33. The summed E-state index contributed by atoms with van der Waals surface area (Å²) in [5, 5.41) is 10.7. The summed E-state index contributed by atoms with van der Waals surface area (Å²) in [5.74, 6) is 1.27. The average molecular weight is 319 g/mol. The van der Waals surface area contributed by atoms with Crippen LogP contribution in [0.15, 0.2) is 12.1 Å². The molecule has 2 heteroatoms. The molecule has 23 heavy (non-hydrogen) atoms. The Kier molecular flexibility index (Phi) is 6.95. The molecule has 0 spiro atoms. The first kappa shape index (κ1) is 18.3. The number of ether oxygens (including phenoxy) is 1. The van der Waals surface area contributed by atoms with Gasteiger partial charge in [-0.2, -0.15) is 0 Å². The molecule has 1 saturated carbocycles. The Bertz CT molecular complexity index is 458. The Labute approximate surface area is 142 Å². The summed E-state index contributed by atoms with van der Waals surface area (Å²) >= 11 is 0. The minimum atomic E-state index is 0.382. The summed E-state index contributed by atoms with van der Waals surface area (Å²) in [4.78, 5) is 0. The van der Waals surface area contributed by atoms with Gasteiger partial charge in [0.25, 0.3) is 0 Å². The van der Waals surface area contributed by atoms with Gasteiger partial charge in [0.05, 0.1) is 12.7 Å². The molecular formula is C21H34O2. The largest absolute Gasteiger partial charge is 0.507 e. The van der Waals surface area contributed by atoms with Crippen molar-refractivity contribution >= 4 is 0 Å². The highest BCUT2D eigenvalue weighted by molar-refractivity contribution is 5.47. The van der Waals surface area contributed by atoms with Crippen LogP contribution in [-0.2, 0) is 11.3 Å². The molecule has 2 rings (SSSR count). The molecule has 0 saturated heterocycles. The fraction of sp³-hybridized carbons (Fsp3) is 0.714. The highest BCUT2D eigenvalue weighted by Gasteiger charge is 2.19. The molecule has 0 aliphatic heterocycles. The molecule has 0 aromatic heterocycles. The van der Waals surface area contributed by atoms with E-state index in [1.165, 1.54) is 37.7 Å². The topological polar surface area (TPSA) is 29.5 Å². The third-order valence-electron chi connectivity index (χ3n) is 5.55. The maximum absolute atomic E-state index is 10.7. The minimum Gasteiger partial charge on any atom is -0.507 e. The van der Waals surface area contributed by atoms with Gasteiger partial charge < -0.3 is 9.84 Å². The molecule has 2 unspecified atom stereocenters. The molecular weight excluding hydrogens is 284 g/mol. The molecule has 1 aromatic rings. The summed E-state index contributed by atoms with van der Waals surface area (Å²) in [7, 11) is 0. The number of benzene rings is 1. The van der Waals surface area contributed by atoms with E-state index in [1.807, 2.05) is 0 Å². The first-order valence-corrected chi connectivity index (χ1v) is 9.54. The van der Waals surface area contributed by atoms with Gasteiger partial charge in [-0.1, -0.05) is 47.0 Å². The average Bonchev–Trinajstić information content (AvgIpc) is 2.60. The van der Waals surface area contributed by atoms with Gasteiger partial charge in [0.15, 0.2) is 0 Å². The van der Waals surface area contributed by atoms with Crippen LogP contribution in [-0.4, -0.2) is 11.2 Å². The summed E-state index contributed by atoms with van der Waals surface area (Å²) in [6.45, 7) is 9.43. The lowest BCUT2D eigenvalue weighted by atomic mass is 9.88. The molecule has 2 atom stereocenters. The van der Waals surface area contributed by atoms with Crippen molar-refractivity contribution in [1.29, 1.82) is 0 Å². The van der Waals surface area contributed by atoms with Crippen molar-refractivity contribution in [3.05, 3.63) is 28.8 Å². The quantitative estimate of drug-likeness (QED) is 0.642. The van der Waals surface area contributed by atoms with Gasteiger partial charge in [-0.05, 0) is 66.3 Å². The predicted molar refractivity (Wildman–Crippen MR) is 97.2 cm³/mol. The smallest absolute Gasteiger partial charge is 0.122 e. The second kappa shape index (κ2) is 8.73. The molecule has 0 bridgehead atoms. The number of rotatable bonds is 7. The first-order chi connectivity index (χ1) is 11.1. The summed E-state index contributed by atoms with van der Waals surface area (Å²) in [6.07, 6.45) is 8.88. The van der Waals surface area contributed by atoms with Crippen molar-refractivity contribution in [2.75, 3.05) is 0 Å². The third kappa shape index (κ3) is 4.73. The van der Waals surface area contributed by atoms with E-state index >= 15 is 0 Å². The molecule has 1 aromatic carbocycles. The SMILES string of the molecule is CCC(C)c1cc(COC2CCCCC2)cc(C(C)CC)c1O. The fourth-order valence-corrected chi connectivity index (χ4v) is 3.46. The molecule has 2 nitrogen and oxygen atoms in total. The lowest BCUT2D eigenvalue weighted by Gasteiger charge is -2.24. The number of phenols is 1. The van der Waals surface area contributed by atoms with E-state index in [1.54, 1.807) is 0 Å². The zero-order chi connectivity index (χ0) is 16.8. The van der Waals surface area contributed by atoms with Gasteiger partial charge in [0.1, 0.15) is 5.75 Å². The second-order valence-electron chi connectivity index (χ2n) is 7.31. The molecule has 1 fully saturated rings. The molecule has 0 radical (unpaired) electrons. The number of phenolic OH excluding ortho intramolecular Hbond substituents is 1. The summed E-state index contributed by atoms with van der Waals surface area (Å²) in [5.41, 5.74) is 3.40. The predicted octanol–water partition coefficient (Wildman–Crippen LogP) is 6.27. The zero-order valence-electron chi connectivity index (χ0n) is 15.4. The van der Waals surface area contributed by atoms with Crippen molar-refractivity contribution in [2.45, 2.75) is 97.2 Å². The van der Waals surface area contributed by atoms with Crippen molar-refractivity contribution in [3.8, 4) is 5.75 Å². The van der Waals surface area contributed by atoms with E-state index in [2.05, 4.69) is 39.8 Å². The van der Waals surface area contributed by atoms with Crippen LogP contribution < -0.4 is 0 Å². The van der Waals surface area contributed by atoms with Gasteiger partial charge in [0, 0.05) is 0 Å². The highest BCUT2D eigenvalue weighted by Crippen LogP contribution is 2.37. The molecule has 0 heterocycles. The Morgan fingerprint density at radius 3 is 2.00 bits per heavy atom. The lowest BCUT2D eigenvalue weighted by molar-refractivity contribution is 0.0168. The normalized spacial score (nSPS) is 18.8.